The summed E-state index contributed by atoms with van der Waals surface area (Å²) in [6.45, 7) is 9.24. The van der Waals surface area contributed by atoms with Crippen molar-refractivity contribution in [2.24, 2.45) is 5.92 Å². The first kappa shape index (κ1) is 16.5. The van der Waals surface area contributed by atoms with Gasteiger partial charge in [-0.05, 0) is 44.5 Å². The molecule has 0 bridgehead atoms. The molecule has 4 nitrogen and oxygen atoms in total. The second kappa shape index (κ2) is 7.29. The van der Waals surface area contributed by atoms with Crippen LogP contribution < -0.4 is 11.1 Å². The third kappa shape index (κ3) is 4.53. The molecule has 0 saturated carbocycles. The van der Waals surface area contributed by atoms with Crippen LogP contribution in [0.1, 0.15) is 32.8 Å². The quantitative estimate of drug-likeness (QED) is 0.786. The van der Waals surface area contributed by atoms with Crippen LogP contribution >= 0.6 is 0 Å². The molecular weight excluding hydrogens is 250 g/mol. The van der Waals surface area contributed by atoms with Gasteiger partial charge in [0, 0.05) is 30.4 Å². The van der Waals surface area contributed by atoms with Crippen LogP contribution in [0.15, 0.2) is 18.2 Å². The van der Waals surface area contributed by atoms with Gasteiger partial charge in [0.1, 0.15) is 0 Å². The van der Waals surface area contributed by atoms with Crippen molar-refractivity contribution in [3.8, 4) is 0 Å². The SMILES string of the molecule is Cc1c(N)cccc1NC(=O)CCN(C)C(C)C(C)C. The lowest BCUT2D eigenvalue weighted by atomic mass is 10.1. The van der Waals surface area contributed by atoms with Gasteiger partial charge in [0.2, 0.25) is 5.91 Å². The summed E-state index contributed by atoms with van der Waals surface area (Å²) in [5, 5.41) is 2.93. The molecule has 0 aliphatic rings. The number of amides is 1. The Morgan fingerprint density at radius 3 is 2.60 bits per heavy atom. The molecule has 0 spiro atoms. The van der Waals surface area contributed by atoms with Crippen molar-refractivity contribution in [2.75, 3.05) is 24.6 Å². The highest BCUT2D eigenvalue weighted by molar-refractivity contribution is 5.92. The van der Waals surface area contributed by atoms with Gasteiger partial charge in [0.05, 0.1) is 0 Å². The summed E-state index contributed by atoms with van der Waals surface area (Å²) < 4.78 is 0. The Labute approximate surface area is 122 Å². The molecule has 0 fully saturated rings. The molecular formula is C16H27N3O. The van der Waals surface area contributed by atoms with Crippen LogP contribution in [0.25, 0.3) is 0 Å². The highest BCUT2D eigenvalue weighted by Crippen LogP contribution is 2.20. The van der Waals surface area contributed by atoms with E-state index in [9.17, 15) is 4.79 Å². The van der Waals surface area contributed by atoms with E-state index >= 15 is 0 Å². The van der Waals surface area contributed by atoms with Crippen molar-refractivity contribution >= 4 is 17.3 Å². The van der Waals surface area contributed by atoms with E-state index in [1.807, 2.05) is 25.1 Å². The fourth-order valence-corrected chi connectivity index (χ4v) is 1.99. The predicted molar refractivity (Wildman–Crippen MR) is 85.8 cm³/mol. The van der Waals surface area contributed by atoms with Crippen molar-refractivity contribution in [1.29, 1.82) is 0 Å². The molecule has 112 valence electrons. The molecule has 20 heavy (non-hydrogen) atoms. The van der Waals surface area contributed by atoms with Gasteiger partial charge in [-0.1, -0.05) is 19.9 Å². The number of hydrogen-bond acceptors (Lipinski definition) is 3. The summed E-state index contributed by atoms with van der Waals surface area (Å²) in [5.41, 5.74) is 8.26. The molecule has 1 amide bonds. The van der Waals surface area contributed by atoms with Crippen LogP contribution in [-0.2, 0) is 4.79 Å². The molecule has 1 aromatic carbocycles. The molecule has 0 radical (unpaired) electrons. The van der Waals surface area contributed by atoms with Crippen LogP contribution in [0.3, 0.4) is 0 Å². The Morgan fingerprint density at radius 1 is 1.35 bits per heavy atom. The molecule has 1 aromatic rings. The Hall–Kier alpha value is -1.55. The van der Waals surface area contributed by atoms with Gasteiger partial charge in [-0.2, -0.15) is 0 Å². The van der Waals surface area contributed by atoms with Gasteiger partial charge in [0.15, 0.2) is 0 Å². The van der Waals surface area contributed by atoms with Crippen LogP contribution in [0.2, 0.25) is 0 Å². The van der Waals surface area contributed by atoms with E-state index in [-0.39, 0.29) is 5.91 Å². The normalized spacial score (nSPS) is 12.8. The lowest BCUT2D eigenvalue weighted by Crippen LogP contribution is -2.35. The van der Waals surface area contributed by atoms with Crippen molar-refractivity contribution in [1.82, 2.24) is 4.90 Å². The highest BCUT2D eigenvalue weighted by Gasteiger charge is 2.14. The maximum Gasteiger partial charge on any atom is 0.225 e. The van der Waals surface area contributed by atoms with Crippen molar-refractivity contribution in [2.45, 2.75) is 40.2 Å². The highest BCUT2D eigenvalue weighted by atomic mass is 16.1. The number of rotatable bonds is 6. The van der Waals surface area contributed by atoms with Crippen LogP contribution in [0.5, 0.6) is 0 Å². The zero-order valence-electron chi connectivity index (χ0n) is 13.2. The van der Waals surface area contributed by atoms with Crippen molar-refractivity contribution in [3.63, 3.8) is 0 Å². The molecule has 0 aliphatic carbocycles. The largest absolute Gasteiger partial charge is 0.398 e. The minimum Gasteiger partial charge on any atom is -0.398 e. The Kier molecular flexibility index (Phi) is 6.02. The predicted octanol–water partition coefficient (Wildman–Crippen LogP) is 2.88. The van der Waals surface area contributed by atoms with E-state index in [0.29, 0.717) is 24.1 Å². The fraction of sp³-hybridized carbons (Fsp3) is 0.562. The number of nitrogens with two attached hydrogens (primary N) is 1. The summed E-state index contributed by atoms with van der Waals surface area (Å²) in [6.07, 6.45) is 0.488. The Bertz CT molecular complexity index is 457. The number of carbonyl (C=O) groups is 1. The van der Waals surface area contributed by atoms with E-state index < -0.39 is 0 Å². The maximum absolute atomic E-state index is 12.0. The van der Waals surface area contributed by atoms with Crippen LogP contribution in [0, 0.1) is 12.8 Å². The molecule has 0 heterocycles. The van der Waals surface area contributed by atoms with Crippen LogP contribution in [-0.4, -0.2) is 30.4 Å². The number of nitrogen functional groups attached to an aromatic ring is 1. The fourth-order valence-electron chi connectivity index (χ4n) is 1.99. The van der Waals surface area contributed by atoms with E-state index in [0.717, 1.165) is 17.8 Å². The second-order valence-electron chi connectivity index (χ2n) is 5.78. The Morgan fingerprint density at radius 2 is 2.00 bits per heavy atom. The van der Waals surface area contributed by atoms with Gasteiger partial charge in [-0.25, -0.2) is 0 Å². The third-order valence-corrected chi connectivity index (χ3v) is 4.00. The number of anilines is 2. The van der Waals surface area contributed by atoms with Gasteiger partial charge < -0.3 is 16.0 Å². The van der Waals surface area contributed by atoms with Gasteiger partial charge in [-0.3, -0.25) is 4.79 Å². The molecule has 1 unspecified atom stereocenters. The molecule has 0 aromatic heterocycles. The summed E-state index contributed by atoms with van der Waals surface area (Å²) in [7, 11) is 2.06. The molecule has 0 aliphatic heterocycles. The number of nitrogens with one attached hydrogen (secondary N) is 1. The van der Waals surface area contributed by atoms with Crippen LogP contribution in [0.4, 0.5) is 11.4 Å². The summed E-state index contributed by atoms with van der Waals surface area (Å²) >= 11 is 0. The second-order valence-corrected chi connectivity index (χ2v) is 5.78. The average Bonchev–Trinajstić information content (AvgIpc) is 2.40. The smallest absolute Gasteiger partial charge is 0.225 e. The monoisotopic (exact) mass is 277 g/mol. The number of carbonyl (C=O) groups excluding carboxylic acids is 1. The zero-order chi connectivity index (χ0) is 15.3. The van der Waals surface area contributed by atoms with E-state index in [1.165, 1.54) is 0 Å². The molecule has 4 heteroatoms. The molecule has 0 saturated heterocycles. The molecule has 3 N–H and O–H groups in total. The third-order valence-electron chi connectivity index (χ3n) is 4.00. The van der Waals surface area contributed by atoms with Crippen molar-refractivity contribution < 1.29 is 4.79 Å². The Balaban J connectivity index is 2.50. The first-order valence-electron chi connectivity index (χ1n) is 7.18. The minimum atomic E-state index is 0.0292. The summed E-state index contributed by atoms with van der Waals surface area (Å²) in [5.74, 6) is 0.612. The summed E-state index contributed by atoms with van der Waals surface area (Å²) in [6, 6.07) is 6.04. The topological polar surface area (TPSA) is 58.4 Å². The average molecular weight is 277 g/mol. The number of benzene rings is 1. The summed E-state index contributed by atoms with van der Waals surface area (Å²) in [4.78, 5) is 14.2. The van der Waals surface area contributed by atoms with Gasteiger partial charge in [-0.15, -0.1) is 0 Å². The van der Waals surface area contributed by atoms with E-state index in [4.69, 9.17) is 5.73 Å². The van der Waals surface area contributed by atoms with E-state index in [1.54, 1.807) is 0 Å². The molecule has 1 atom stereocenters. The first-order valence-corrected chi connectivity index (χ1v) is 7.18. The maximum atomic E-state index is 12.0. The molecule has 1 rings (SSSR count). The van der Waals surface area contributed by atoms with E-state index in [2.05, 4.69) is 38.0 Å². The lowest BCUT2D eigenvalue weighted by molar-refractivity contribution is -0.116. The number of nitrogens with zero attached hydrogens (tertiary/aromatic N) is 1. The minimum absolute atomic E-state index is 0.0292. The first-order chi connectivity index (χ1) is 9.32. The van der Waals surface area contributed by atoms with Crippen molar-refractivity contribution in [3.05, 3.63) is 23.8 Å². The zero-order valence-corrected chi connectivity index (χ0v) is 13.2. The van der Waals surface area contributed by atoms with Gasteiger partial charge in [0.25, 0.3) is 0 Å². The standard InChI is InChI=1S/C16H27N3O/c1-11(2)13(4)19(5)10-9-16(20)18-15-8-6-7-14(17)12(15)3/h6-8,11,13H,9-10,17H2,1-5H3,(H,18,20). The lowest BCUT2D eigenvalue weighted by Gasteiger charge is -2.27. The van der Waals surface area contributed by atoms with Gasteiger partial charge >= 0.3 is 0 Å². The number of hydrogen-bond donors (Lipinski definition) is 2.